The Balaban J connectivity index is 1.70. The van der Waals surface area contributed by atoms with E-state index >= 15 is 0 Å². The highest BCUT2D eigenvalue weighted by molar-refractivity contribution is 7.98. The minimum absolute atomic E-state index is 1.02. The molecule has 1 aliphatic heterocycles. The first kappa shape index (κ1) is 10.9. The van der Waals surface area contributed by atoms with Crippen molar-refractivity contribution in [1.82, 2.24) is 5.32 Å². The minimum Gasteiger partial charge on any atom is -0.309 e. The highest BCUT2D eigenvalue weighted by Crippen LogP contribution is 2.26. The number of hydrogen-bond donors (Lipinski definition) is 1. The van der Waals surface area contributed by atoms with Crippen LogP contribution in [0.4, 0.5) is 0 Å². The second-order valence-electron chi connectivity index (χ2n) is 4.31. The Labute approximate surface area is 106 Å². The maximum Gasteiger partial charge on any atom is 0.0231 e. The van der Waals surface area contributed by atoms with Crippen LogP contribution in [0.15, 0.2) is 53.4 Å². The Morgan fingerprint density at radius 3 is 2.65 bits per heavy atom. The van der Waals surface area contributed by atoms with Crippen molar-refractivity contribution < 1.29 is 0 Å². The summed E-state index contributed by atoms with van der Waals surface area (Å²) < 4.78 is 0. The van der Waals surface area contributed by atoms with E-state index in [0.29, 0.717) is 0 Å². The van der Waals surface area contributed by atoms with Gasteiger partial charge in [-0.2, -0.15) is 0 Å². The third-order valence-electron chi connectivity index (χ3n) is 3.06. The number of rotatable bonds is 3. The molecule has 0 aliphatic carbocycles. The van der Waals surface area contributed by atoms with E-state index in [0.717, 1.165) is 18.8 Å². The molecule has 17 heavy (non-hydrogen) atoms. The van der Waals surface area contributed by atoms with E-state index in [1.54, 1.807) is 0 Å². The maximum atomic E-state index is 3.38. The van der Waals surface area contributed by atoms with Gasteiger partial charge in [-0.15, -0.1) is 11.8 Å². The van der Waals surface area contributed by atoms with Crippen LogP contribution in [-0.4, -0.2) is 0 Å². The van der Waals surface area contributed by atoms with Gasteiger partial charge in [0.1, 0.15) is 0 Å². The quantitative estimate of drug-likeness (QED) is 0.824. The molecule has 0 saturated heterocycles. The fourth-order valence-electron chi connectivity index (χ4n) is 2.10. The molecule has 1 nitrogen and oxygen atoms in total. The van der Waals surface area contributed by atoms with Crippen molar-refractivity contribution in [1.29, 1.82) is 0 Å². The van der Waals surface area contributed by atoms with Crippen LogP contribution < -0.4 is 5.32 Å². The first-order valence-electron chi connectivity index (χ1n) is 5.91. The minimum atomic E-state index is 1.02. The van der Waals surface area contributed by atoms with Crippen LogP contribution in [0.25, 0.3) is 0 Å². The summed E-state index contributed by atoms with van der Waals surface area (Å²) in [6.45, 7) is 2.05. The summed E-state index contributed by atoms with van der Waals surface area (Å²) in [5.41, 5.74) is 4.30. The molecule has 3 rings (SSSR count). The van der Waals surface area contributed by atoms with Crippen molar-refractivity contribution in [3.63, 3.8) is 0 Å². The SMILES string of the molecule is c1ccc(CSc2ccc3c(c2)CNC3)cc1. The zero-order valence-corrected chi connectivity index (χ0v) is 10.5. The smallest absolute Gasteiger partial charge is 0.0231 e. The van der Waals surface area contributed by atoms with Crippen molar-refractivity contribution >= 4 is 11.8 Å². The first-order valence-corrected chi connectivity index (χ1v) is 6.89. The van der Waals surface area contributed by atoms with Gasteiger partial charge >= 0.3 is 0 Å². The molecule has 0 aromatic heterocycles. The van der Waals surface area contributed by atoms with Gasteiger partial charge in [0.05, 0.1) is 0 Å². The molecular formula is C15H15NS. The van der Waals surface area contributed by atoms with E-state index in [9.17, 15) is 0 Å². The molecule has 0 atom stereocenters. The largest absolute Gasteiger partial charge is 0.309 e. The first-order chi connectivity index (χ1) is 8.42. The zero-order valence-electron chi connectivity index (χ0n) is 9.65. The summed E-state index contributed by atoms with van der Waals surface area (Å²) in [4.78, 5) is 1.37. The van der Waals surface area contributed by atoms with Gasteiger partial charge in [-0.1, -0.05) is 36.4 Å². The lowest BCUT2D eigenvalue weighted by Gasteiger charge is -2.04. The average molecular weight is 241 g/mol. The molecule has 0 amide bonds. The van der Waals surface area contributed by atoms with Gasteiger partial charge in [0, 0.05) is 23.7 Å². The Morgan fingerprint density at radius 2 is 1.76 bits per heavy atom. The van der Waals surface area contributed by atoms with Crippen LogP contribution in [0, 0.1) is 0 Å². The molecule has 0 unspecified atom stereocenters. The normalized spacial score (nSPS) is 13.6. The Bertz CT molecular complexity index is 508. The van der Waals surface area contributed by atoms with Crippen LogP contribution >= 0.6 is 11.8 Å². The lowest BCUT2D eigenvalue weighted by molar-refractivity contribution is 0.764. The monoisotopic (exact) mass is 241 g/mol. The predicted octanol–water partition coefficient (Wildman–Crippen LogP) is 3.58. The van der Waals surface area contributed by atoms with Gasteiger partial charge in [0.25, 0.3) is 0 Å². The number of benzene rings is 2. The highest BCUT2D eigenvalue weighted by Gasteiger charge is 2.09. The topological polar surface area (TPSA) is 12.0 Å². The molecule has 0 fully saturated rings. The summed E-state index contributed by atoms with van der Waals surface area (Å²) in [6.07, 6.45) is 0. The van der Waals surface area contributed by atoms with Gasteiger partial charge < -0.3 is 5.32 Å². The van der Waals surface area contributed by atoms with Crippen molar-refractivity contribution in [3.8, 4) is 0 Å². The summed E-state index contributed by atoms with van der Waals surface area (Å²) in [6, 6.07) is 17.4. The molecule has 0 spiro atoms. The van der Waals surface area contributed by atoms with E-state index < -0.39 is 0 Å². The third-order valence-corrected chi connectivity index (χ3v) is 4.12. The molecule has 1 heterocycles. The second kappa shape index (κ2) is 4.94. The van der Waals surface area contributed by atoms with Crippen LogP contribution in [-0.2, 0) is 18.8 Å². The fourth-order valence-corrected chi connectivity index (χ4v) is 3.02. The molecule has 2 aromatic carbocycles. The lowest BCUT2D eigenvalue weighted by Crippen LogP contribution is -1.99. The van der Waals surface area contributed by atoms with E-state index in [-0.39, 0.29) is 0 Å². The second-order valence-corrected chi connectivity index (χ2v) is 5.36. The molecule has 86 valence electrons. The highest BCUT2D eigenvalue weighted by atomic mass is 32.2. The molecule has 2 aromatic rings. The molecule has 2 heteroatoms. The number of nitrogens with one attached hydrogen (secondary N) is 1. The Hall–Kier alpha value is -1.25. The van der Waals surface area contributed by atoms with Crippen molar-refractivity contribution in [2.45, 2.75) is 23.7 Å². The van der Waals surface area contributed by atoms with Crippen LogP contribution in [0.3, 0.4) is 0 Å². The summed E-state index contributed by atoms with van der Waals surface area (Å²) in [7, 11) is 0. The van der Waals surface area contributed by atoms with Crippen molar-refractivity contribution in [3.05, 3.63) is 65.2 Å². The molecule has 1 aliphatic rings. The molecule has 0 saturated carbocycles. The molecule has 0 bridgehead atoms. The average Bonchev–Trinajstić information content (AvgIpc) is 2.85. The maximum absolute atomic E-state index is 3.38. The summed E-state index contributed by atoms with van der Waals surface area (Å²) in [5, 5.41) is 3.38. The van der Waals surface area contributed by atoms with E-state index in [1.165, 1.54) is 21.6 Å². The molecule has 0 radical (unpaired) electrons. The van der Waals surface area contributed by atoms with E-state index in [4.69, 9.17) is 0 Å². The van der Waals surface area contributed by atoms with Gasteiger partial charge in [-0.25, -0.2) is 0 Å². The van der Waals surface area contributed by atoms with Crippen LogP contribution in [0.1, 0.15) is 16.7 Å². The van der Waals surface area contributed by atoms with Crippen molar-refractivity contribution in [2.24, 2.45) is 0 Å². The standard InChI is InChI=1S/C15H15NS/c1-2-4-12(5-3-1)11-17-15-7-6-13-9-16-10-14(13)8-15/h1-8,16H,9-11H2. The van der Waals surface area contributed by atoms with Crippen molar-refractivity contribution in [2.75, 3.05) is 0 Å². The Morgan fingerprint density at radius 1 is 0.941 bits per heavy atom. The van der Waals surface area contributed by atoms with E-state index in [2.05, 4.69) is 53.8 Å². The molecule has 1 N–H and O–H groups in total. The number of thioether (sulfide) groups is 1. The van der Waals surface area contributed by atoms with Gasteiger partial charge in [-0.05, 0) is 28.8 Å². The zero-order chi connectivity index (χ0) is 11.5. The van der Waals surface area contributed by atoms with Gasteiger partial charge in [0.2, 0.25) is 0 Å². The number of hydrogen-bond acceptors (Lipinski definition) is 2. The van der Waals surface area contributed by atoms with Crippen LogP contribution in [0.5, 0.6) is 0 Å². The Kier molecular flexibility index (Phi) is 3.16. The van der Waals surface area contributed by atoms with Gasteiger partial charge in [0.15, 0.2) is 0 Å². The third kappa shape index (κ3) is 2.54. The number of fused-ring (bicyclic) bond motifs is 1. The molecular weight excluding hydrogens is 226 g/mol. The summed E-state index contributed by atoms with van der Waals surface area (Å²) in [5.74, 6) is 1.05. The van der Waals surface area contributed by atoms with E-state index in [1.807, 2.05) is 11.8 Å². The lowest BCUT2D eigenvalue weighted by atomic mass is 10.1. The van der Waals surface area contributed by atoms with Crippen LogP contribution in [0.2, 0.25) is 0 Å². The fraction of sp³-hybridized carbons (Fsp3) is 0.200. The summed E-state index contributed by atoms with van der Waals surface area (Å²) >= 11 is 1.91. The predicted molar refractivity (Wildman–Crippen MR) is 73.0 cm³/mol. The van der Waals surface area contributed by atoms with Gasteiger partial charge in [-0.3, -0.25) is 0 Å².